The molecule has 5 heteroatoms. The molecular formula is C16H19N3S2. The number of aromatic nitrogens is 1. The lowest BCUT2D eigenvalue weighted by Gasteiger charge is -2.10. The van der Waals surface area contributed by atoms with Crippen LogP contribution in [0.5, 0.6) is 0 Å². The number of thiazole rings is 1. The molecule has 3 rings (SSSR count). The van der Waals surface area contributed by atoms with Crippen molar-refractivity contribution in [3.8, 4) is 0 Å². The Morgan fingerprint density at radius 1 is 1.14 bits per heavy atom. The molecule has 0 aliphatic heterocycles. The van der Waals surface area contributed by atoms with Crippen molar-refractivity contribution in [2.24, 2.45) is 0 Å². The molecule has 0 saturated heterocycles. The van der Waals surface area contributed by atoms with Gasteiger partial charge in [0.1, 0.15) is 0 Å². The molecule has 2 aromatic rings. The molecule has 0 bridgehead atoms. The molecule has 2 N–H and O–H groups in total. The summed E-state index contributed by atoms with van der Waals surface area (Å²) >= 11 is 7.11. The second kappa shape index (κ2) is 6.12. The van der Waals surface area contributed by atoms with Crippen molar-refractivity contribution in [2.75, 3.05) is 10.6 Å². The average Bonchev–Trinajstić information content (AvgIpc) is 2.84. The standard InChI is InChI=1S/C16H19N3S2/c1-10-7-8-12(9-11(10)2)17-15(20)19-16-18-13-5-3-4-6-14(13)21-16/h7-9H,3-6H2,1-2H3,(H2,17,18,19,20). The first kappa shape index (κ1) is 14.5. The van der Waals surface area contributed by atoms with Gasteiger partial charge in [-0.05, 0) is 75.0 Å². The molecule has 3 nitrogen and oxygen atoms in total. The van der Waals surface area contributed by atoms with E-state index in [0.29, 0.717) is 5.11 Å². The van der Waals surface area contributed by atoms with Crippen LogP contribution < -0.4 is 10.6 Å². The predicted molar refractivity (Wildman–Crippen MR) is 94.5 cm³/mol. The Labute approximate surface area is 134 Å². The third kappa shape index (κ3) is 3.41. The molecule has 1 aliphatic rings. The molecule has 0 saturated carbocycles. The Morgan fingerprint density at radius 2 is 1.95 bits per heavy atom. The number of fused-ring (bicyclic) bond motifs is 1. The smallest absolute Gasteiger partial charge is 0.189 e. The summed E-state index contributed by atoms with van der Waals surface area (Å²) in [5.41, 5.74) is 4.80. The number of hydrogen-bond acceptors (Lipinski definition) is 3. The minimum Gasteiger partial charge on any atom is -0.332 e. The zero-order valence-corrected chi connectivity index (χ0v) is 14.0. The number of nitrogens with zero attached hydrogens (tertiary/aromatic N) is 1. The van der Waals surface area contributed by atoms with E-state index in [9.17, 15) is 0 Å². The van der Waals surface area contributed by atoms with Gasteiger partial charge in [0.05, 0.1) is 5.69 Å². The van der Waals surface area contributed by atoms with E-state index in [-0.39, 0.29) is 0 Å². The number of rotatable bonds is 2. The van der Waals surface area contributed by atoms with Crippen LogP contribution in [0.3, 0.4) is 0 Å². The lowest BCUT2D eigenvalue weighted by Crippen LogP contribution is -2.19. The quantitative estimate of drug-likeness (QED) is 0.803. The fraction of sp³-hybridized carbons (Fsp3) is 0.375. The molecule has 0 fully saturated rings. The van der Waals surface area contributed by atoms with E-state index in [2.05, 4.69) is 41.6 Å². The minimum absolute atomic E-state index is 0.601. The van der Waals surface area contributed by atoms with Gasteiger partial charge in [-0.1, -0.05) is 6.07 Å². The van der Waals surface area contributed by atoms with Gasteiger partial charge < -0.3 is 10.6 Å². The van der Waals surface area contributed by atoms with Crippen LogP contribution in [0.1, 0.15) is 34.5 Å². The number of benzene rings is 1. The Bertz CT molecular complexity index is 653. The van der Waals surface area contributed by atoms with Gasteiger partial charge in [0, 0.05) is 10.6 Å². The fourth-order valence-corrected chi connectivity index (χ4v) is 3.82. The van der Waals surface area contributed by atoms with Gasteiger partial charge in [-0.3, -0.25) is 0 Å². The Kier molecular flexibility index (Phi) is 4.22. The monoisotopic (exact) mass is 317 g/mol. The van der Waals surface area contributed by atoms with Crippen LogP contribution in [-0.4, -0.2) is 10.1 Å². The van der Waals surface area contributed by atoms with E-state index in [1.54, 1.807) is 11.3 Å². The van der Waals surface area contributed by atoms with Gasteiger partial charge in [0.25, 0.3) is 0 Å². The molecule has 1 aliphatic carbocycles. The predicted octanol–water partition coefficient (Wildman–Crippen LogP) is 4.45. The van der Waals surface area contributed by atoms with Crippen molar-refractivity contribution in [1.29, 1.82) is 0 Å². The molecule has 0 spiro atoms. The van der Waals surface area contributed by atoms with E-state index in [1.807, 2.05) is 6.07 Å². The fourth-order valence-electron chi connectivity index (χ4n) is 2.48. The van der Waals surface area contributed by atoms with Crippen LogP contribution in [-0.2, 0) is 12.8 Å². The third-order valence-corrected chi connectivity index (χ3v) is 5.11. The Morgan fingerprint density at radius 3 is 2.71 bits per heavy atom. The summed E-state index contributed by atoms with van der Waals surface area (Å²) in [5, 5.41) is 7.94. The van der Waals surface area contributed by atoms with Gasteiger partial charge in [0.15, 0.2) is 10.2 Å². The first-order valence-corrected chi connectivity index (χ1v) is 8.48. The number of nitrogens with one attached hydrogen (secondary N) is 2. The summed E-state index contributed by atoms with van der Waals surface area (Å²) < 4.78 is 0. The molecule has 0 unspecified atom stereocenters. The van der Waals surface area contributed by atoms with Crippen molar-refractivity contribution in [2.45, 2.75) is 39.5 Å². The molecular weight excluding hydrogens is 298 g/mol. The summed E-state index contributed by atoms with van der Waals surface area (Å²) in [6, 6.07) is 6.25. The maximum atomic E-state index is 5.38. The third-order valence-electron chi connectivity index (χ3n) is 3.83. The lowest BCUT2D eigenvalue weighted by molar-refractivity contribution is 0.683. The second-order valence-corrected chi connectivity index (χ2v) is 6.97. The van der Waals surface area contributed by atoms with Crippen LogP contribution in [0, 0.1) is 13.8 Å². The topological polar surface area (TPSA) is 37.0 Å². The van der Waals surface area contributed by atoms with Gasteiger partial charge in [-0.25, -0.2) is 4.98 Å². The van der Waals surface area contributed by atoms with Crippen molar-refractivity contribution in [3.63, 3.8) is 0 Å². The van der Waals surface area contributed by atoms with E-state index in [0.717, 1.165) is 23.7 Å². The van der Waals surface area contributed by atoms with E-state index in [4.69, 9.17) is 12.2 Å². The average molecular weight is 317 g/mol. The molecule has 0 atom stereocenters. The highest BCUT2D eigenvalue weighted by Gasteiger charge is 2.15. The Balaban J connectivity index is 1.66. The van der Waals surface area contributed by atoms with Crippen molar-refractivity contribution in [1.82, 2.24) is 4.98 Å². The van der Waals surface area contributed by atoms with E-state index in [1.165, 1.54) is 34.5 Å². The van der Waals surface area contributed by atoms with Crippen LogP contribution in [0.25, 0.3) is 0 Å². The van der Waals surface area contributed by atoms with E-state index < -0.39 is 0 Å². The van der Waals surface area contributed by atoms with E-state index >= 15 is 0 Å². The van der Waals surface area contributed by atoms with Crippen LogP contribution in [0.4, 0.5) is 10.8 Å². The first-order chi connectivity index (χ1) is 10.1. The lowest BCUT2D eigenvalue weighted by atomic mass is 10.0. The molecule has 0 radical (unpaired) electrons. The first-order valence-electron chi connectivity index (χ1n) is 7.25. The molecule has 1 aromatic carbocycles. The highest BCUT2D eigenvalue weighted by atomic mass is 32.1. The van der Waals surface area contributed by atoms with Gasteiger partial charge >= 0.3 is 0 Å². The number of thiocarbonyl (C=S) groups is 1. The number of aryl methyl sites for hydroxylation is 4. The van der Waals surface area contributed by atoms with Gasteiger partial charge in [0.2, 0.25) is 0 Å². The summed E-state index contributed by atoms with van der Waals surface area (Å²) in [6.45, 7) is 4.21. The molecule has 21 heavy (non-hydrogen) atoms. The molecule has 110 valence electrons. The maximum Gasteiger partial charge on any atom is 0.189 e. The zero-order valence-electron chi connectivity index (χ0n) is 12.3. The molecule has 1 aromatic heterocycles. The van der Waals surface area contributed by atoms with Crippen molar-refractivity contribution >= 4 is 39.5 Å². The number of anilines is 2. The maximum absolute atomic E-state index is 5.38. The normalized spacial score (nSPS) is 13.6. The molecule has 1 heterocycles. The number of hydrogen-bond donors (Lipinski definition) is 2. The Hall–Kier alpha value is -1.46. The summed E-state index contributed by atoms with van der Waals surface area (Å²) in [5.74, 6) is 0. The van der Waals surface area contributed by atoms with Gasteiger partial charge in [-0.2, -0.15) is 0 Å². The minimum atomic E-state index is 0.601. The highest BCUT2D eigenvalue weighted by molar-refractivity contribution is 7.80. The van der Waals surface area contributed by atoms with Crippen LogP contribution in [0.2, 0.25) is 0 Å². The highest BCUT2D eigenvalue weighted by Crippen LogP contribution is 2.29. The molecule has 0 amide bonds. The SMILES string of the molecule is Cc1ccc(NC(=S)Nc2nc3c(s2)CCCC3)cc1C. The van der Waals surface area contributed by atoms with Crippen LogP contribution in [0.15, 0.2) is 18.2 Å². The van der Waals surface area contributed by atoms with Gasteiger partial charge in [-0.15, -0.1) is 11.3 Å². The van der Waals surface area contributed by atoms with Crippen LogP contribution >= 0.6 is 23.6 Å². The van der Waals surface area contributed by atoms with Crippen molar-refractivity contribution in [3.05, 3.63) is 39.9 Å². The largest absolute Gasteiger partial charge is 0.332 e. The summed E-state index contributed by atoms with van der Waals surface area (Å²) in [6.07, 6.45) is 4.79. The summed E-state index contributed by atoms with van der Waals surface area (Å²) in [4.78, 5) is 6.06. The zero-order chi connectivity index (χ0) is 14.8. The summed E-state index contributed by atoms with van der Waals surface area (Å²) in [7, 11) is 0. The van der Waals surface area contributed by atoms with Crippen molar-refractivity contribution < 1.29 is 0 Å². The second-order valence-electron chi connectivity index (χ2n) is 5.47.